The summed E-state index contributed by atoms with van der Waals surface area (Å²) in [5, 5.41) is 3.29. The molecule has 1 saturated carbocycles. The lowest BCUT2D eigenvalue weighted by atomic mass is 9.94. The average Bonchev–Trinajstić information content (AvgIpc) is 3.31. The molecule has 2 aliphatic rings. The third kappa shape index (κ3) is 3.43. The van der Waals surface area contributed by atoms with Gasteiger partial charge in [-0.05, 0) is 43.5 Å². The van der Waals surface area contributed by atoms with E-state index in [-0.39, 0.29) is 17.9 Å². The highest BCUT2D eigenvalue weighted by Gasteiger charge is 2.37. The fourth-order valence-electron chi connectivity index (χ4n) is 3.37. The first-order valence-electron chi connectivity index (χ1n) is 8.38. The third-order valence-corrected chi connectivity index (χ3v) is 4.76. The Morgan fingerprint density at radius 3 is 2.59 bits per heavy atom. The summed E-state index contributed by atoms with van der Waals surface area (Å²) in [6, 6.07) is 8.52. The van der Waals surface area contributed by atoms with Gasteiger partial charge >= 0.3 is 0 Å². The molecule has 1 N–H and O–H groups in total. The van der Waals surface area contributed by atoms with Crippen LogP contribution in [0.15, 0.2) is 24.3 Å². The maximum Gasteiger partial charge on any atom is 0.223 e. The van der Waals surface area contributed by atoms with Gasteiger partial charge in [-0.1, -0.05) is 19.1 Å². The van der Waals surface area contributed by atoms with Crippen LogP contribution < -0.4 is 10.1 Å². The van der Waals surface area contributed by atoms with Crippen LogP contribution in [0.3, 0.4) is 0 Å². The number of methoxy groups -OCH3 is 1. The molecule has 1 aromatic rings. The Kier molecular flexibility index (Phi) is 4.67. The first kappa shape index (κ1) is 15.3. The monoisotopic (exact) mass is 302 g/mol. The molecule has 4 heteroatoms. The lowest BCUT2D eigenvalue weighted by Gasteiger charge is -2.20. The number of carbonyl (C=O) groups excluding carboxylic acids is 1. The van der Waals surface area contributed by atoms with Crippen molar-refractivity contribution in [2.24, 2.45) is 5.92 Å². The van der Waals surface area contributed by atoms with Crippen LogP contribution >= 0.6 is 0 Å². The summed E-state index contributed by atoms with van der Waals surface area (Å²) >= 11 is 0. The Morgan fingerprint density at radius 1 is 1.27 bits per heavy atom. The molecule has 1 aliphatic carbocycles. The molecule has 22 heavy (non-hydrogen) atoms. The summed E-state index contributed by atoms with van der Waals surface area (Å²) < 4.78 is 5.24. The van der Waals surface area contributed by atoms with E-state index in [0.717, 1.165) is 44.6 Å². The minimum absolute atomic E-state index is 0.230. The van der Waals surface area contributed by atoms with Crippen molar-refractivity contribution in [3.05, 3.63) is 29.8 Å². The number of ether oxygens (including phenoxy) is 1. The zero-order valence-electron chi connectivity index (χ0n) is 13.5. The highest BCUT2D eigenvalue weighted by molar-refractivity contribution is 5.81. The summed E-state index contributed by atoms with van der Waals surface area (Å²) in [6.45, 7) is 5.29. The van der Waals surface area contributed by atoms with Gasteiger partial charge in [0, 0.05) is 31.0 Å². The van der Waals surface area contributed by atoms with E-state index in [1.807, 2.05) is 12.1 Å². The average molecular weight is 302 g/mol. The molecule has 0 spiro atoms. The number of hydrogen-bond donors (Lipinski definition) is 1. The summed E-state index contributed by atoms with van der Waals surface area (Å²) in [7, 11) is 1.69. The molecule has 2 fully saturated rings. The van der Waals surface area contributed by atoms with Crippen LogP contribution in [0, 0.1) is 5.92 Å². The van der Waals surface area contributed by atoms with Crippen molar-refractivity contribution in [3.8, 4) is 5.75 Å². The van der Waals surface area contributed by atoms with E-state index in [2.05, 4.69) is 29.3 Å². The fourth-order valence-corrected chi connectivity index (χ4v) is 3.37. The Morgan fingerprint density at radius 2 is 2.00 bits per heavy atom. The molecule has 0 aromatic heterocycles. The molecule has 1 aliphatic heterocycles. The summed E-state index contributed by atoms with van der Waals surface area (Å²) in [5.74, 6) is 1.78. The van der Waals surface area contributed by atoms with Crippen LogP contribution in [-0.4, -0.2) is 43.6 Å². The van der Waals surface area contributed by atoms with E-state index in [1.165, 1.54) is 5.56 Å². The van der Waals surface area contributed by atoms with Crippen molar-refractivity contribution in [1.29, 1.82) is 0 Å². The fraction of sp³-hybridized carbons (Fsp3) is 0.611. The Bertz CT molecular complexity index is 510. The van der Waals surface area contributed by atoms with Gasteiger partial charge in [0.05, 0.1) is 7.11 Å². The molecule has 120 valence electrons. The quantitative estimate of drug-likeness (QED) is 0.877. The van der Waals surface area contributed by atoms with Crippen LogP contribution in [0.25, 0.3) is 0 Å². The van der Waals surface area contributed by atoms with E-state index in [1.54, 1.807) is 7.11 Å². The second-order valence-corrected chi connectivity index (χ2v) is 6.53. The number of rotatable bonds is 6. The molecule has 4 nitrogen and oxygen atoms in total. The summed E-state index contributed by atoms with van der Waals surface area (Å²) in [4.78, 5) is 14.6. The van der Waals surface area contributed by atoms with Crippen LogP contribution in [0.5, 0.6) is 5.75 Å². The van der Waals surface area contributed by atoms with Crippen LogP contribution in [0.1, 0.15) is 37.7 Å². The van der Waals surface area contributed by atoms with Gasteiger partial charge in [-0.25, -0.2) is 0 Å². The summed E-state index contributed by atoms with van der Waals surface area (Å²) in [6.07, 6.45) is 3.27. The van der Waals surface area contributed by atoms with Crippen molar-refractivity contribution in [1.82, 2.24) is 10.2 Å². The molecular formula is C18H26N2O2. The Labute approximate surface area is 132 Å². The molecule has 3 rings (SSSR count). The third-order valence-electron chi connectivity index (χ3n) is 4.76. The van der Waals surface area contributed by atoms with Gasteiger partial charge in [0.25, 0.3) is 0 Å². The molecule has 2 atom stereocenters. The van der Waals surface area contributed by atoms with E-state index in [9.17, 15) is 4.79 Å². The van der Waals surface area contributed by atoms with Gasteiger partial charge in [-0.3, -0.25) is 4.79 Å². The SMILES string of the molecule is CCCN1C[C@H](NC(=O)C2CC2)[C@@H](c2ccc(OC)cc2)C1. The lowest BCUT2D eigenvalue weighted by Crippen LogP contribution is -2.40. The van der Waals surface area contributed by atoms with Crippen LogP contribution in [-0.2, 0) is 4.79 Å². The van der Waals surface area contributed by atoms with Gasteiger partial charge in [-0.2, -0.15) is 0 Å². The second-order valence-electron chi connectivity index (χ2n) is 6.53. The van der Waals surface area contributed by atoms with Crippen molar-refractivity contribution in [2.75, 3.05) is 26.7 Å². The van der Waals surface area contributed by atoms with Gasteiger partial charge < -0.3 is 15.0 Å². The standard InChI is InChI=1S/C18H26N2O2/c1-3-10-20-11-16(13-6-8-15(22-2)9-7-13)17(12-20)19-18(21)14-4-5-14/h6-9,14,16-17H,3-5,10-12H2,1-2H3,(H,19,21)/t16-,17+/m1/s1. The zero-order chi connectivity index (χ0) is 15.5. The summed E-state index contributed by atoms with van der Waals surface area (Å²) in [5.41, 5.74) is 1.29. The number of nitrogens with zero attached hydrogens (tertiary/aromatic N) is 1. The number of carbonyl (C=O) groups is 1. The predicted octanol–water partition coefficient (Wildman–Crippen LogP) is 2.40. The van der Waals surface area contributed by atoms with Crippen molar-refractivity contribution in [2.45, 2.75) is 38.1 Å². The molecular weight excluding hydrogens is 276 g/mol. The molecule has 1 amide bonds. The highest BCUT2D eigenvalue weighted by atomic mass is 16.5. The van der Waals surface area contributed by atoms with Crippen molar-refractivity contribution in [3.63, 3.8) is 0 Å². The molecule has 0 unspecified atom stereocenters. The minimum Gasteiger partial charge on any atom is -0.497 e. The number of benzene rings is 1. The highest BCUT2D eigenvalue weighted by Crippen LogP contribution is 2.32. The maximum atomic E-state index is 12.2. The molecule has 1 saturated heterocycles. The van der Waals surface area contributed by atoms with Crippen molar-refractivity contribution < 1.29 is 9.53 Å². The van der Waals surface area contributed by atoms with E-state index >= 15 is 0 Å². The number of amides is 1. The first-order valence-corrected chi connectivity index (χ1v) is 8.38. The Hall–Kier alpha value is -1.55. The van der Waals surface area contributed by atoms with Gasteiger partial charge in [0.2, 0.25) is 5.91 Å². The first-order chi connectivity index (χ1) is 10.7. The van der Waals surface area contributed by atoms with Gasteiger partial charge in [0.1, 0.15) is 5.75 Å². The number of likely N-dealkylation sites (tertiary alicyclic amines) is 1. The van der Waals surface area contributed by atoms with Crippen LogP contribution in [0.2, 0.25) is 0 Å². The lowest BCUT2D eigenvalue weighted by molar-refractivity contribution is -0.123. The smallest absolute Gasteiger partial charge is 0.223 e. The van der Waals surface area contributed by atoms with E-state index in [0.29, 0.717) is 5.92 Å². The zero-order valence-corrected chi connectivity index (χ0v) is 13.5. The minimum atomic E-state index is 0.230. The van der Waals surface area contributed by atoms with Gasteiger partial charge in [-0.15, -0.1) is 0 Å². The topological polar surface area (TPSA) is 41.6 Å². The molecule has 0 radical (unpaired) electrons. The predicted molar refractivity (Wildman–Crippen MR) is 87.1 cm³/mol. The Balaban J connectivity index is 1.72. The normalized spacial score (nSPS) is 25.2. The molecule has 0 bridgehead atoms. The van der Waals surface area contributed by atoms with Gasteiger partial charge in [0.15, 0.2) is 0 Å². The maximum absolute atomic E-state index is 12.2. The van der Waals surface area contributed by atoms with Crippen molar-refractivity contribution >= 4 is 5.91 Å². The molecule has 1 aromatic carbocycles. The number of nitrogens with one attached hydrogen (secondary N) is 1. The van der Waals surface area contributed by atoms with Crippen LogP contribution in [0.4, 0.5) is 0 Å². The molecule has 1 heterocycles. The largest absolute Gasteiger partial charge is 0.497 e. The van der Waals surface area contributed by atoms with E-state index < -0.39 is 0 Å². The second kappa shape index (κ2) is 6.69. The van der Waals surface area contributed by atoms with E-state index in [4.69, 9.17) is 4.74 Å². The number of hydrogen-bond acceptors (Lipinski definition) is 3.